The van der Waals surface area contributed by atoms with E-state index in [0.717, 1.165) is 25.7 Å². The summed E-state index contributed by atoms with van der Waals surface area (Å²) in [6.07, 6.45) is -2.07. The van der Waals surface area contributed by atoms with Gasteiger partial charge < -0.3 is 4.90 Å². The fraction of sp³-hybridized carbons (Fsp3) is 0.929. The lowest BCUT2D eigenvalue weighted by Gasteiger charge is -2.33. The zero-order valence-corrected chi connectivity index (χ0v) is 12.3. The zero-order chi connectivity index (χ0) is 15.1. The molecule has 0 aromatic carbocycles. The Morgan fingerprint density at radius 3 is 2.30 bits per heavy atom. The second kappa shape index (κ2) is 5.20. The van der Waals surface area contributed by atoms with Crippen LogP contribution in [0.15, 0.2) is 0 Å². The van der Waals surface area contributed by atoms with Crippen molar-refractivity contribution in [1.29, 1.82) is 0 Å². The van der Waals surface area contributed by atoms with Gasteiger partial charge in [-0.15, -0.1) is 0 Å². The van der Waals surface area contributed by atoms with Crippen LogP contribution in [0.1, 0.15) is 52.9 Å². The molecule has 1 aliphatic carbocycles. The Balaban J connectivity index is 2.22. The van der Waals surface area contributed by atoms with Crippen LogP contribution >= 0.6 is 0 Å². The molecule has 0 aromatic rings. The van der Waals surface area contributed by atoms with E-state index in [-0.39, 0.29) is 18.0 Å². The molecule has 2 unspecified atom stereocenters. The summed E-state index contributed by atoms with van der Waals surface area (Å²) in [6, 6.07) is -0.817. The summed E-state index contributed by atoms with van der Waals surface area (Å²) in [5.41, 5.74) is -0.602. The molecule has 1 heterocycles. The third-order valence-corrected chi connectivity index (χ3v) is 4.46. The van der Waals surface area contributed by atoms with E-state index in [1.807, 2.05) is 13.8 Å². The number of nitrogens with zero attached hydrogens (tertiary/aromatic N) is 1. The van der Waals surface area contributed by atoms with Crippen LogP contribution in [0.4, 0.5) is 13.2 Å². The average molecular weight is 292 g/mol. The molecule has 3 nitrogen and oxygen atoms in total. The number of hydrogen-bond acceptors (Lipinski definition) is 2. The number of alkyl halides is 3. The third-order valence-electron chi connectivity index (χ3n) is 4.46. The minimum atomic E-state index is -4.24. The van der Waals surface area contributed by atoms with Gasteiger partial charge in [-0.05, 0) is 25.7 Å². The predicted molar refractivity (Wildman–Crippen MR) is 69.9 cm³/mol. The summed E-state index contributed by atoms with van der Waals surface area (Å²) in [5.74, 6) is -0.0416. The maximum atomic E-state index is 12.7. The largest absolute Gasteiger partial charge is 0.391 e. The number of rotatable bonds is 3. The summed E-state index contributed by atoms with van der Waals surface area (Å²) in [5, 5.41) is 3.34. The minimum Gasteiger partial charge on any atom is -0.322 e. The molecule has 116 valence electrons. The smallest absolute Gasteiger partial charge is 0.322 e. The average Bonchev–Trinajstić information content (AvgIpc) is 2.85. The molecule has 1 aliphatic heterocycles. The van der Waals surface area contributed by atoms with Crippen molar-refractivity contribution in [2.75, 3.05) is 0 Å². The number of nitrogens with one attached hydrogen (secondary N) is 1. The molecule has 2 atom stereocenters. The molecule has 6 heteroatoms. The zero-order valence-electron chi connectivity index (χ0n) is 12.3. The Labute approximate surface area is 117 Å². The van der Waals surface area contributed by atoms with Gasteiger partial charge in [0.1, 0.15) is 0 Å². The monoisotopic (exact) mass is 292 g/mol. The lowest BCUT2D eigenvalue weighted by molar-refractivity contribution is -0.155. The predicted octanol–water partition coefficient (Wildman–Crippen LogP) is 3.05. The number of carbonyl (C=O) groups excluding carboxylic acids is 1. The van der Waals surface area contributed by atoms with E-state index in [4.69, 9.17) is 0 Å². The first kappa shape index (κ1) is 15.6. The maximum Gasteiger partial charge on any atom is 0.391 e. The Hall–Kier alpha value is -0.780. The number of hydrogen-bond donors (Lipinski definition) is 1. The van der Waals surface area contributed by atoms with Crippen LogP contribution < -0.4 is 5.32 Å². The molecule has 0 aromatic heterocycles. The van der Waals surface area contributed by atoms with E-state index in [1.165, 1.54) is 11.8 Å². The Morgan fingerprint density at radius 1 is 1.30 bits per heavy atom. The van der Waals surface area contributed by atoms with E-state index < -0.39 is 24.2 Å². The van der Waals surface area contributed by atoms with Gasteiger partial charge in [0.2, 0.25) is 5.91 Å². The normalized spacial score (nSPS) is 27.9. The van der Waals surface area contributed by atoms with Crippen LogP contribution in [0, 0.1) is 5.92 Å². The van der Waals surface area contributed by atoms with Gasteiger partial charge in [0, 0.05) is 6.04 Å². The van der Waals surface area contributed by atoms with Crippen LogP contribution in [-0.2, 0) is 4.79 Å². The molecular weight excluding hydrogens is 269 g/mol. The van der Waals surface area contributed by atoms with Gasteiger partial charge >= 0.3 is 6.18 Å². The van der Waals surface area contributed by atoms with Gasteiger partial charge in [0.05, 0.1) is 18.1 Å². The standard InChI is InChI=1S/C14H23F3N2O/c1-9(2)11-18-13(6-4-5-7-13)12(20)19(11)10(3)8-14(15,16)17/h9-11,18H,4-8H2,1-3H3. The second-order valence-corrected chi connectivity index (χ2v) is 6.50. The number of halogens is 3. The fourth-order valence-corrected chi connectivity index (χ4v) is 3.52. The van der Waals surface area contributed by atoms with Gasteiger partial charge in [-0.1, -0.05) is 26.7 Å². The van der Waals surface area contributed by atoms with Crippen LogP contribution in [0.2, 0.25) is 0 Å². The van der Waals surface area contributed by atoms with Crippen molar-refractivity contribution in [2.24, 2.45) is 5.92 Å². The van der Waals surface area contributed by atoms with Gasteiger partial charge in [0.25, 0.3) is 0 Å². The van der Waals surface area contributed by atoms with Crippen molar-refractivity contribution in [2.45, 2.75) is 76.8 Å². The first-order chi connectivity index (χ1) is 9.16. The van der Waals surface area contributed by atoms with Crippen LogP contribution in [-0.4, -0.2) is 34.7 Å². The molecule has 20 heavy (non-hydrogen) atoms. The highest BCUT2D eigenvalue weighted by molar-refractivity contribution is 5.89. The molecule has 2 aliphatic rings. The SMILES string of the molecule is CC(C)C1NC2(CCCC2)C(=O)N1C(C)CC(F)(F)F. The molecule has 1 saturated carbocycles. The maximum absolute atomic E-state index is 12.7. The Kier molecular flexibility index (Phi) is 4.06. The quantitative estimate of drug-likeness (QED) is 0.867. The number of carbonyl (C=O) groups is 1. The summed E-state index contributed by atoms with van der Waals surface area (Å²) >= 11 is 0. The first-order valence-corrected chi connectivity index (χ1v) is 7.33. The van der Waals surface area contributed by atoms with Crippen LogP contribution in [0.5, 0.6) is 0 Å². The van der Waals surface area contributed by atoms with Gasteiger partial charge in [-0.3, -0.25) is 10.1 Å². The molecular formula is C14H23F3N2O. The highest BCUT2D eigenvalue weighted by atomic mass is 19.4. The van der Waals surface area contributed by atoms with E-state index in [0.29, 0.717) is 0 Å². The summed E-state index contributed by atoms with van der Waals surface area (Å²) < 4.78 is 37.9. The molecule has 1 N–H and O–H groups in total. The highest BCUT2D eigenvalue weighted by Gasteiger charge is 2.54. The van der Waals surface area contributed by atoms with Crippen molar-refractivity contribution < 1.29 is 18.0 Å². The van der Waals surface area contributed by atoms with Gasteiger partial charge in [0.15, 0.2) is 0 Å². The minimum absolute atomic E-state index is 0.0922. The number of amides is 1. The molecule has 1 spiro atoms. The van der Waals surface area contributed by atoms with Crippen molar-refractivity contribution in [1.82, 2.24) is 10.2 Å². The summed E-state index contributed by atoms with van der Waals surface area (Å²) in [4.78, 5) is 14.1. The molecule has 0 radical (unpaired) electrons. The van der Waals surface area contributed by atoms with Crippen LogP contribution in [0.25, 0.3) is 0 Å². The lowest BCUT2D eigenvalue weighted by Crippen LogP contribution is -2.47. The van der Waals surface area contributed by atoms with Crippen molar-refractivity contribution in [3.63, 3.8) is 0 Å². The van der Waals surface area contributed by atoms with Crippen molar-refractivity contribution in [3.05, 3.63) is 0 Å². The van der Waals surface area contributed by atoms with E-state index >= 15 is 0 Å². The lowest BCUT2D eigenvalue weighted by atomic mass is 9.97. The van der Waals surface area contributed by atoms with E-state index in [9.17, 15) is 18.0 Å². The molecule has 1 saturated heterocycles. The summed E-state index contributed by atoms with van der Waals surface area (Å²) in [7, 11) is 0. The summed E-state index contributed by atoms with van der Waals surface area (Å²) in [6.45, 7) is 5.37. The van der Waals surface area contributed by atoms with Crippen LogP contribution in [0.3, 0.4) is 0 Å². The fourth-order valence-electron chi connectivity index (χ4n) is 3.52. The molecule has 2 fully saturated rings. The first-order valence-electron chi connectivity index (χ1n) is 7.33. The van der Waals surface area contributed by atoms with Crippen molar-refractivity contribution in [3.8, 4) is 0 Å². The van der Waals surface area contributed by atoms with Gasteiger partial charge in [-0.2, -0.15) is 13.2 Å². The Bertz CT molecular complexity index is 375. The Morgan fingerprint density at radius 2 is 1.85 bits per heavy atom. The molecule has 1 amide bonds. The molecule has 2 rings (SSSR count). The van der Waals surface area contributed by atoms with E-state index in [1.54, 1.807) is 0 Å². The van der Waals surface area contributed by atoms with Crippen molar-refractivity contribution >= 4 is 5.91 Å². The molecule has 0 bridgehead atoms. The topological polar surface area (TPSA) is 32.3 Å². The van der Waals surface area contributed by atoms with E-state index in [2.05, 4.69) is 5.32 Å². The van der Waals surface area contributed by atoms with Gasteiger partial charge in [-0.25, -0.2) is 0 Å². The second-order valence-electron chi connectivity index (χ2n) is 6.50. The third kappa shape index (κ3) is 2.80. The highest BCUT2D eigenvalue weighted by Crippen LogP contribution is 2.40.